The van der Waals surface area contributed by atoms with E-state index in [0.717, 1.165) is 0 Å². The minimum atomic E-state index is -1.58. The molecule has 2 N–H and O–H groups in total. The number of ether oxygens (including phenoxy) is 1. The Labute approximate surface area is 102 Å². The highest BCUT2D eigenvalue weighted by Crippen LogP contribution is 2.33. The van der Waals surface area contributed by atoms with Gasteiger partial charge in [0.25, 0.3) is 5.91 Å². The largest absolute Gasteiger partial charge is 0.482 e. The van der Waals surface area contributed by atoms with Gasteiger partial charge in [-0.2, -0.15) is 0 Å². The van der Waals surface area contributed by atoms with Crippen molar-refractivity contribution in [1.29, 1.82) is 0 Å². The lowest BCUT2D eigenvalue weighted by molar-refractivity contribution is -0.147. The molecular weight excluding hydrogens is 240 g/mol. The Bertz CT molecular complexity index is 540. The van der Waals surface area contributed by atoms with E-state index in [1.54, 1.807) is 13.1 Å². The van der Waals surface area contributed by atoms with E-state index in [1.807, 2.05) is 0 Å². The van der Waals surface area contributed by atoms with Gasteiger partial charge in [0.1, 0.15) is 5.75 Å². The maximum Gasteiger partial charge on any atom is 0.394 e. The molecule has 2 rings (SSSR count). The monoisotopic (exact) mass is 250 g/mol. The number of hydrogen-bond donors (Lipinski definition) is 2. The van der Waals surface area contributed by atoms with Crippen LogP contribution in [0.1, 0.15) is 0 Å². The second kappa shape index (κ2) is 4.36. The molecule has 0 unspecified atom stereocenters. The minimum absolute atomic E-state index is 0.0374. The molecule has 0 aromatic heterocycles. The molecule has 1 aromatic rings. The lowest BCUT2D eigenvalue weighted by Crippen LogP contribution is -2.35. The average Bonchev–Trinajstić information content (AvgIpc) is 2.34. The van der Waals surface area contributed by atoms with Crippen LogP contribution in [0.25, 0.3) is 0 Å². The van der Waals surface area contributed by atoms with Gasteiger partial charge in [-0.1, -0.05) is 0 Å². The molecule has 2 amide bonds. The Kier molecular flexibility index (Phi) is 2.88. The molecule has 0 aliphatic carbocycles. The van der Waals surface area contributed by atoms with Crippen molar-refractivity contribution in [3.8, 4) is 5.75 Å². The zero-order valence-electron chi connectivity index (χ0n) is 9.47. The fourth-order valence-corrected chi connectivity index (χ4v) is 1.53. The fourth-order valence-electron chi connectivity index (χ4n) is 1.53. The fraction of sp³-hybridized carbons (Fsp3) is 0.182. The van der Waals surface area contributed by atoms with Gasteiger partial charge in [-0.25, -0.2) is 4.79 Å². The van der Waals surface area contributed by atoms with E-state index in [2.05, 4.69) is 5.32 Å². The van der Waals surface area contributed by atoms with Crippen molar-refractivity contribution in [2.75, 3.05) is 23.9 Å². The van der Waals surface area contributed by atoms with Crippen molar-refractivity contribution in [3.63, 3.8) is 0 Å². The van der Waals surface area contributed by atoms with E-state index < -0.39 is 11.9 Å². The van der Waals surface area contributed by atoms with Gasteiger partial charge in [-0.3, -0.25) is 9.59 Å². The third-order valence-electron chi connectivity index (χ3n) is 2.50. The summed E-state index contributed by atoms with van der Waals surface area (Å²) >= 11 is 0. The summed E-state index contributed by atoms with van der Waals surface area (Å²) < 4.78 is 5.19. The van der Waals surface area contributed by atoms with E-state index in [-0.39, 0.29) is 18.2 Å². The number of hydrogen-bond acceptors (Lipinski definition) is 4. The van der Waals surface area contributed by atoms with Crippen LogP contribution in [-0.2, 0) is 14.4 Å². The highest BCUT2D eigenvalue weighted by atomic mass is 16.5. The summed E-state index contributed by atoms with van der Waals surface area (Å²) in [6.07, 6.45) is 0. The number of carbonyl (C=O) groups is 3. The molecule has 0 spiro atoms. The van der Waals surface area contributed by atoms with Gasteiger partial charge in [0.15, 0.2) is 6.61 Å². The third-order valence-corrected chi connectivity index (χ3v) is 2.50. The Morgan fingerprint density at radius 3 is 2.83 bits per heavy atom. The van der Waals surface area contributed by atoms with Gasteiger partial charge in [0, 0.05) is 12.7 Å². The number of fused-ring (bicyclic) bond motifs is 1. The summed E-state index contributed by atoms with van der Waals surface area (Å²) in [6, 6.07) is 4.55. The van der Waals surface area contributed by atoms with Crippen LogP contribution in [0, 0.1) is 0 Å². The third kappa shape index (κ3) is 2.10. The number of likely N-dealkylation sites (N-methyl/N-ethyl adjacent to an activating group) is 1. The molecule has 18 heavy (non-hydrogen) atoms. The zero-order valence-corrected chi connectivity index (χ0v) is 9.47. The number of amides is 2. The number of aliphatic carboxylic acids is 1. The predicted molar refractivity (Wildman–Crippen MR) is 61.6 cm³/mol. The van der Waals surface area contributed by atoms with Crippen molar-refractivity contribution < 1.29 is 24.2 Å². The predicted octanol–water partition coefficient (Wildman–Crippen LogP) is 0.0649. The normalized spacial score (nSPS) is 13.6. The highest BCUT2D eigenvalue weighted by Gasteiger charge is 2.23. The zero-order chi connectivity index (χ0) is 13.3. The van der Waals surface area contributed by atoms with Crippen molar-refractivity contribution in [2.24, 2.45) is 0 Å². The molecule has 1 aromatic carbocycles. The topological polar surface area (TPSA) is 95.9 Å². The summed E-state index contributed by atoms with van der Waals surface area (Å²) in [5, 5.41) is 10.7. The first-order chi connectivity index (χ1) is 8.49. The second-order valence-electron chi connectivity index (χ2n) is 3.68. The SMILES string of the molecule is CN1C(=O)COc2ccc(NC(=O)C(=O)O)cc21. The molecule has 7 nitrogen and oxygen atoms in total. The summed E-state index contributed by atoms with van der Waals surface area (Å²) in [4.78, 5) is 34.2. The molecule has 0 saturated heterocycles. The quantitative estimate of drug-likeness (QED) is 0.687. The van der Waals surface area contributed by atoms with Gasteiger partial charge in [-0.05, 0) is 18.2 Å². The highest BCUT2D eigenvalue weighted by molar-refractivity contribution is 6.36. The molecule has 0 radical (unpaired) electrons. The van der Waals surface area contributed by atoms with Crippen molar-refractivity contribution in [1.82, 2.24) is 0 Å². The maximum absolute atomic E-state index is 11.4. The summed E-state index contributed by atoms with van der Waals surface area (Å²) in [6.45, 7) is -0.0374. The van der Waals surface area contributed by atoms with Crippen LogP contribution >= 0.6 is 0 Å². The van der Waals surface area contributed by atoms with Crippen LogP contribution in [0.5, 0.6) is 5.75 Å². The molecule has 0 atom stereocenters. The molecule has 1 aliphatic rings. The standard InChI is InChI=1S/C11H10N2O5/c1-13-7-4-6(12-10(15)11(16)17)2-3-8(7)18-5-9(13)14/h2-4H,5H2,1H3,(H,12,15)(H,16,17). The van der Waals surface area contributed by atoms with Crippen LogP contribution < -0.4 is 15.0 Å². The van der Waals surface area contributed by atoms with Crippen molar-refractivity contribution >= 4 is 29.2 Å². The van der Waals surface area contributed by atoms with Crippen LogP contribution in [-0.4, -0.2) is 36.5 Å². The van der Waals surface area contributed by atoms with Gasteiger partial charge in [-0.15, -0.1) is 0 Å². The van der Waals surface area contributed by atoms with E-state index in [4.69, 9.17) is 9.84 Å². The molecule has 1 heterocycles. The second-order valence-corrected chi connectivity index (χ2v) is 3.68. The summed E-state index contributed by atoms with van der Waals surface area (Å²) in [5.41, 5.74) is 0.765. The number of nitrogens with zero attached hydrogens (tertiary/aromatic N) is 1. The molecule has 1 aliphatic heterocycles. The summed E-state index contributed by atoms with van der Waals surface area (Å²) in [7, 11) is 1.58. The van der Waals surface area contributed by atoms with E-state index in [9.17, 15) is 14.4 Å². The number of anilines is 2. The number of carboxylic acid groups (broad SMARTS) is 1. The number of carboxylic acids is 1. The first kappa shape index (κ1) is 11.9. The maximum atomic E-state index is 11.4. The number of nitrogens with one attached hydrogen (secondary N) is 1. The average molecular weight is 250 g/mol. The van der Waals surface area contributed by atoms with Gasteiger partial charge in [0.05, 0.1) is 5.69 Å². The Morgan fingerprint density at radius 1 is 1.44 bits per heavy atom. The minimum Gasteiger partial charge on any atom is -0.482 e. The van der Waals surface area contributed by atoms with Crippen LogP contribution in [0.2, 0.25) is 0 Å². The van der Waals surface area contributed by atoms with E-state index in [1.165, 1.54) is 17.0 Å². The number of rotatable bonds is 1. The summed E-state index contributed by atoms with van der Waals surface area (Å²) in [5.74, 6) is -2.43. The van der Waals surface area contributed by atoms with E-state index in [0.29, 0.717) is 11.4 Å². The molecular formula is C11H10N2O5. The van der Waals surface area contributed by atoms with Crippen LogP contribution in [0.4, 0.5) is 11.4 Å². The van der Waals surface area contributed by atoms with Gasteiger partial charge >= 0.3 is 11.9 Å². The smallest absolute Gasteiger partial charge is 0.394 e. The van der Waals surface area contributed by atoms with Crippen molar-refractivity contribution in [3.05, 3.63) is 18.2 Å². The van der Waals surface area contributed by atoms with E-state index >= 15 is 0 Å². The number of carbonyl (C=O) groups excluding carboxylic acids is 2. The molecule has 0 bridgehead atoms. The Hall–Kier alpha value is -2.57. The van der Waals surface area contributed by atoms with Gasteiger partial charge in [0.2, 0.25) is 0 Å². The van der Waals surface area contributed by atoms with Gasteiger partial charge < -0.3 is 20.1 Å². The number of benzene rings is 1. The molecule has 7 heteroatoms. The van der Waals surface area contributed by atoms with Crippen LogP contribution in [0.15, 0.2) is 18.2 Å². The Morgan fingerprint density at radius 2 is 2.17 bits per heavy atom. The molecule has 94 valence electrons. The van der Waals surface area contributed by atoms with Crippen molar-refractivity contribution in [2.45, 2.75) is 0 Å². The lowest BCUT2D eigenvalue weighted by Gasteiger charge is -2.26. The molecule has 0 fully saturated rings. The first-order valence-electron chi connectivity index (χ1n) is 5.06. The lowest BCUT2D eigenvalue weighted by atomic mass is 10.2. The van der Waals surface area contributed by atoms with Crippen LogP contribution in [0.3, 0.4) is 0 Å². The first-order valence-corrected chi connectivity index (χ1v) is 5.06. The Balaban J connectivity index is 2.29. The molecule has 0 saturated carbocycles.